The molecule has 0 bridgehead atoms. The van der Waals surface area contributed by atoms with Gasteiger partial charge in [-0.05, 0) is 18.4 Å². The molecule has 120 valence electrons. The van der Waals surface area contributed by atoms with Crippen molar-refractivity contribution in [3.05, 3.63) is 39.9 Å². The predicted octanol–water partition coefficient (Wildman–Crippen LogP) is 2.34. The van der Waals surface area contributed by atoms with Crippen LogP contribution in [0.5, 0.6) is 0 Å². The second-order valence-corrected chi connectivity index (χ2v) is 6.02. The van der Waals surface area contributed by atoms with Crippen LogP contribution in [0.25, 0.3) is 0 Å². The Labute approximate surface area is 129 Å². The second-order valence-electron chi connectivity index (χ2n) is 6.02. The van der Waals surface area contributed by atoms with E-state index in [0.29, 0.717) is 0 Å². The van der Waals surface area contributed by atoms with Crippen molar-refractivity contribution in [2.24, 2.45) is 0 Å². The second kappa shape index (κ2) is 7.35. The van der Waals surface area contributed by atoms with E-state index in [1.807, 2.05) is 0 Å². The van der Waals surface area contributed by atoms with E-state index in [2.05, 4.69) is 5.32 Å². The smallest absolute Gasteiger partial charge is 0.269 e. The zero-order valence-corrected chi connectivity index (χ0v) is 12.6. The Bertz CT molecular complexity index is 519. The molecule has 1 aliphatic carbocycles. The van der Waals surface area contributed by atoms with Crippen LogP contribution in [0.3, 0.4) is 0 Å². The number of benzene rings is 1. The molecule has 6 nitrogen and oxygen atoms in total. The summed E-state index contributed by atoms with van der Waals surface area (Å²) in [5.41, 5.74) is -0.0605. The fraction of sp³-hybridized carbons (Fsp3) is 0.562. The van der Waals surface area contributed by atoms with E-state index in [-0.39, 0.29) is 24.6 Å². The molecule has 1 saturated carbocycles. The number of non-ortho nitro benzene ring substituents is 1. The third-order valence-corrected chi connectivity index (χ3v) is 4.16. The highest BCUT2D eigenvalue weighted by atomic mass is 16.6. The molecule has 0 unspecified atom stereocenters. The van der Waals surface area contributed by atoms with E-state index in [0.717, 1.165) is 44.1 Å². The van der Waals surface area contributed by atoms with Crippen molar-refractivity contribution in [1.29, 1.82) is 0 Å². The molecule has 1 amide bonds. The van der Waals surface area contributed by atoms with Crippen molar-refractivity contribution in [3.63, 3.8) is 0 Å². The fourth-order valence-corrected chi connectivity index (χ4v) is 2.81. The van der Waals surface area contributed by atoms with Crippen molar-refractivity contribution in [2.45, 2.75) is 50.5 Å². The number of amides is 1. The number of rotatable bonds is 5. The van der Waals surface area contributed by atoms with E-state index in [1.165, 1.54) is 12.1 Å². The minimum Gasteiger partial charge on any atom is -0.388 e. The molecule has 6 heteroatoms. The Hall–Kier alpha value is -1.95. The number of hydrogen-bond donors (Lipinski definition) is 2. The summed E-state index contributed by atoms with van der Waals surface area (Å²) in [5, 5.41) is 23.8. The zero-order chi connectivity index (χ0) is 16.0. The van der Waals surface area contributed by atoms with Gasteiger partial charge in [-0.1, -0.05) is 37.8 Å². The standard InChI is InChI=1S/C16H22N2O4/c19-15(11-13-5-7-14(8-6-13)18(21)22)17-12-16(20)9-3-1-2-4-10-16/h5-8,20H,1-4,9-12H2,(H,17,19). The summed E-state index contributed by atoms with van der Waals surface area (Å²) in [6, 6.07) is 5.94. The van der Waals surface area contributed by atoms with Crippen LogP contribution in [0.2, 0.25) is 0 Å². The Morgan fingerprint density at radius 3 is 2.32 bits per heavy atom. The van der Waals surface area contributed by atoms with E-state index < -0.39 is 10.5 Å². The first kappa shape index (κ1) is 16.4. The van der Waals surface area contributed by atoms with Crippen LogP contribution in [0.15, 0.2) is 24.3 Å². The van der Waals surface area contributed by atoms with Crippen molar-refractivity contribution in [2.75, 3.05) is 6.54 Å². The Balaban J connectivity index is 1.83. The van der Waals surface area contributed by atoms with Gasteiger partial charge in [0.05, 0.1) is 16.9 Å². The molecular formula is C16H22N2O4. The summed E-state index contributed by atoms with van der Waals surface area (Å²) in [7, 11) is 0. The molecule has 0 spiro atoms. The van der Waals surface area contributed by atoms with Crippen molar-refractivity contribution < 1.29 is 14.8 Å². The number of nitro groups is 1. The van der Waals surface area contributed by atoms with Crippen LogP contribution in [0, 0.1) is 10.1 Å². The Morgan fingerprint density at radius 1 is 1.18 bits per heavy atom. The molecule has 0 heterocycles. The normalized spacial score (nSPS) is 17.5. The largest absolute Gasteiger partial charge is 0.388 e. The topological polar surface area (TPSA) is 92.5 Å². The number of carbonyl (C=O) groups excluding carboxylic acids is 1. The van der Waals surface area contributed by atoms with Gasteiger partial charge in [0, 0.05) is 18.7 Å². The summed E-state index contributed by atoms with van der Waals surface area (Å²) in [6.45, 7) is 0.277. The third kappa shape index (κ3) is 4.80. The zero-order valence-electron chi connectivity index (χ0n) is 12.6. The van der Waals surface area contributed by atoms with Crippen LogP contribution >= 0.6 is 0 Å². The third-order valence-electron chi connectivity index (χ3n) is 4.16. The number of nitro benzene ring substituents is 1. The van der Waals surface area contributed by atoms with Gasteiger partial charge in [-0.15, -0.1) is 0 Å². The summed E-state index contributed by atoms with van der Waals surface area (Å²) >= 11 is 0. The van der Waals surface area contributed by atoms with Crippen molar-refractivity contribution in [1.82, 2.24) is 5.32 Å². The van der Waals surface area contributed by atoms with E-state index >= 15 is 0 Å². The maximum Gasteiger partial charge on any atom is 0.269 e. The molecule has 0 atom stereocenters. The monoisotopic (exact) mass is 306 g/mol. The number of nitrogens with one attached hydrogen (secondary N) is 1. The van der Waals surface area contributed by atoms with Gasteiger partial charge in [-0.25, -0.2) is 0 Å². The summed E-state index contributed by atoms with van der Waals surface area (Å²) < 4.78 is 0. The summed E-state index contributed by atoms with van der Waals surface area (Å²) in [4.78, 5) is 22.1. The van der Waals surface area contributed by atoms with Crippen LogP contribution in [0.1, 0.15) is 44.1 Å². The first-order chi connectivity index (χ1) is 10.5. The summed E-state index contributed by atoms with van der Waals surface area (Å²) in [5.74, 6) is -0.175. The molecule has 1 aromatic carbocycles. The molecule has 1 aromatic rings. The predicted molar refractivity (Wildman–Crippen MR) is 82.5 cm³/mol. The SMILES string of the molecule is O=C(Cc1ccc([N+](=O)[O-])cc1)NCC1(O)CCCCCC1. The van der Waals surface area contributed by atoms with Crippen LogP contribution in [-0.2, 0) is 11.2 Å². The molecule has 1 aliphatic rings. The van der Waals surface area contributed by atoms with Gasteiger partial charge in [-0.2, -0.15) is 0 Å². The van der Waals surface area contributed by atoms with Gasteiger partial charge in [0.15, 0.2) is 0 Å². The Kier molecular flexibility index (Phi) is 5.49. The first-order valence-electron chi connectivity index (χ1n) is 7.71. The van der Waals surface area contributed by atoms with Gasteiger partial charge in [0.25, 0.3) is 5.69 Å². The van der Waals surface area contributed by atoms with Crippen LogP contribution in [-0.4, -0.2) is 28.1 Å². The van der Waals surface area contributed by atoms with Crippen molar-refractivity contribution in [3.8, 4) is 0 Å². The molecule has 0 aromatic heterocycles. The highest BCUT2D eigenvalue weighted by Gasteiger charge is 2.28. The molecule has 0 aliphatic heterocycles. The fourth-order valence-electron chi connectivity index (χ4n) is 2.81. The lowest BCUT2D eigenvalue weighted by Crippen LogP contribution is -2.43. The average molecular weight is 306 g/mol. The molecule has 2 N–H and O–H groups in total. The minimum absolute atomic E-state index is 0.0110. The van der Waals surface area contributed by atoms with Gasteiger partial charge >= 0.3 is 0 Å². The lowest BCUT2D eigenvalue weighted by Gasteiger charge is -2.26. The van der Waals surface area contributed by atoms with Crippen LogP contribution < -0.4 is 5.32 Å². The van der Waals surface area contributed by atoms with E-state index in [1.54, 1.807) is 12.1 Å². The highest BCUT2D eigenvalue weighted by molar-refractivity contribution is 5.78. The first-order valence-corrected chi connectivity index (χ1v) is 7.71. The minimum atomic E-state index is -0.790. The number of hydrogen-bond acceptors (Lipinski definition) is 4. The average Bonchev–Trinajstić information content (AvgIpc) is 2.71. The summed E-state index contributed by atoms with van der Waals surface area (Å²) in [6.07, 6.45) is 5.88. The van der Waals surface area contributed by atoms with Crippen LogP contribution in [0.4, 0.5) is 5.69 Å². The van der Waals surface area contributed by atoms with Gasteiger partial charge in [-0.3, -0.25) is 14.9 Å². The maximum absolute atomic E-state index is 11.9. The lowest BCUT2D eigenvalue weighted by atomic mass is 9.94. The molecule has 0 saturated heterocycles. The molecule has 1 fully saturated rings. The van der Waals surface area contributed by atoms with E-state index in [4.69, 9.17) is 0 Å². The lowest BCUT2D eigenvalue weighted by molar-refractivity contribution is -0.384. The Morgan fingerprint density at radius 2 is 1.77 bits per heavy atom. The van der Waals surface area contributed by atoms with Gasteiger partial charge in [0.1, 0.15) is 0 Å². The number of carbonyl (C=O) groups is 1. The van der Waals surface area contributed by atoms with E-state index in [9.17, 15) is 20.0 Å². The molecular weight excluding hydrogens is 284 g/mol. The number of nitrogens with zero attached hydrogens (tertiary/aromatic N) is 1. The maximum atomic E-state index is 11.9. The highest BCUT2D eigenvalue weighted by Crippen LogP contribution is 2.26. The number of aliphatic hydroxyl groups is 1. The molecule has 0 radical (unpaired) electrons. The molecule has 2 rings (SSSR count). The molecule has 22 heavy (non-hydrogen) atoms. The van der Waals surface area contributed by atoms with Gasteiger partial charge < -0.3 is 10.4 Å². The van der Waals surface area contributed by atoms with Crippen molar-refractivity contribution >= 4 is 11.6 Å². The quantitative estimate of drug-likeness (QED) is 0.496. The van der Waals surface area contributed by atoms with Gasteiger partial charge in [0.2, 0.25) is 5.91 Å².